The number of hydrogen-bond acceptors (Lipinski definition) is 2. The lowest BCUT2D eigenvalue weighted by atomic mass is 10.1. The van der Waals surface area contributed by atoms with Crippen LogP contribution in [-0.2, 0) is 0 Å². The maximum Gasteiger partial charge on any atom is 0.0183 e. The van der Waals surface area contributed by atoms with Crippen LogP contribution in [0.5, 0.6) is 0 Å². The molecule has 2 nitrogen and oxygen atoms in total. The molecule has 2 rings (SSSR count). The largest absolute Gasteiger partial charge is 0.326 e. The summed E-state index contributed by atoms with van der Waals surface area (Å²) in [4.78, 5) is 2.60. The molecule has 0 amide bonds. The first-order valence-electron chi connectivity index (χ1n) is 5.20. The Bertz CT molecular complexity index is 153. The number of hydrogen-bond donors (Lipinski definition) is 1. The van der Waals surface area contributed by atoms with E-state index in [1.807, 2.05) is 0 Å². The third kappa shape index (κ3) is 1.50. The predicted molar refractivity (Wildman–Crippen MR) is 50.9 cm³/mol. The average Bonchev–Trinajstić information content (AvgIpc) is 2.75. The predicted octanol–water partition coefficient (Wildman–Crippen LogP) is 1.21. The SMILES string of the molecule is CC(C)N1CC(N)CC1C1CC1. The molecular weight excluding hydrogens is 148 g/mol. The van der Waals surface area contributed by atoms with Crippen LogP contribution in [0.4, 0.5) is 0 Å². The maximum atomic E-state index is 5.98. The number of nitrogens with zero attached hydrogens (tertiary/aromatic N) is 1. The van der Waals surface area contributed by atoms with Crippen molar-refractivity contribution in [3.8, 4) is 0 Å². The Kier molecular flexibility index (Phi) is 2.13. The Morgan fingerprint density at radius 3 is 2.50 bits per heavy atom. The van der Waals surface area contributed by atoms with Gasteiger partial charge in [0.1, 0.15) is 0 Å². The van der Waals surface area contributed by atoms with E-state index in [1.54, 1.807) is 0 Å². The summed E-state index contributed by atoms with van der Waals surface area (Å²) in [6.07, 6.45) is 4.13. The first kappa shape index (κ1) is 8.52. The van der Waals surface area contributed by atoms with Crippen molar-refractivity contribution in [2.45, 2.75) is 51.2 Å². The lowest BCUT2D eigenvalue weighted by molar-refractivity contribution is 0.185. The molecule has 1 heterocycles. The number of likely N-dealkylation sites (tertiary alicyclic amines) is 1. The van der Waals surface area contributed by atoms with E-state index in [-0.39, 0.29) is 0 Å². The topological polar surface area (TPSA) is 29.3 Å². The molecule has 0 radical (unpaired) electrons. The molecule has 70 valence electrons. The fourth-order valence-corrected chi connectivity index (χ4v) is 2.46. The summed E-state index contributed by atoms with van der Waals surface area (Å²) in [5, 5.41) is 0. The number of rotatable bonds is 2. The zero-order valence-electron chi connectivity index (χ0n) is 8.16. The van der Waals surface area contributed by atoms with Crippen molar-refractivity contribution in [2.75, 3.05) is 6.54 Å². The van der Waals surface area contributed by atoms with Crippen molar-refractivity contribution in [1.82, 2.24) is 4.90 Å². The highest BCUT2D eigenvalue weighted by molar-refractivity contribution is 4.97. The smallest absolute Gasteiger partial charge is 0.0183 e. The van der Waals surface area contributed by atoms with Crippen molar-refractivity contribution in [3.05, 3.63) is 0 Å². The molecule has 2 fully saturated rings. The van der Waals surface area contributed by atoms with E-state index in [1.165, 1.54) is 19.3 Å². The summed E-state index contributed by atoms with van der Waals surface area (Å²) < 4.78 is 0. The van der Waals surface area contributed by atoms with Crippen molar-refractivity contribution < 1.29 is 0 Å². The van der Waals surface area contributed by atoms with Crippen LogP contribution in [0, 0.1) is 5.92 Å². The van der Waals surface area contributed by atoms with Crippen LogP contribution in [0.2, 0.25) is 0 Å². The van der Waals surface area contributed by atoms with Gasteiger partial charge in [0.05, 0.1) is 0 Å². The summed E-state index contributed by atoms with van der Waals surface area (Å²) in [5.41, 5.74) is 5.98. The molecule has 2 aliphatic rings. The average molecular weight is 168 g/mol. The second-order valence-electron chi connectivity index (χ2n) is 4.69. The van der Waals surface area contributed by atoms with Crippen LogP contribution in [0.1, 0.15) is 33.1 Å². The quantitative estimate of drug-likeness (QED) is 0.671. The molecule has 0 aromatic carbocycles. The minimum absolute atomic E-state index is 0.443. The Morgan fingerprint density at radius 1 is 1.33 bits per heavy atom. The Hall–Kier alpha value is -0.0800. The van der Waals surface area contributed by atoms with Gasteiger partial charge in [-0.3, -0.25) is 4.90 Å². The third-order valence-electron chi connectivity index (χ3n) is 3.25. The molecule has 2 N–H and O–H groups in total. The second kappa shape index (κ2) is 3.00. The van der Waals surface area contributed by atoms with Gasteiger partial charge in [-0.05, 0) is 39.0 Å². The van der Waals surface area contributed by atoms with Crippen LogP contribution in [-0.4, -0.2) is 29.6 Å². The lowest BCUT2D eigenvalue weighted by Crippen LogP contribution is -2.37. The fraction of sp³-hybridized carbons (Fsp3) is 1.00. The van der Waals surface area contributed by atoms with Crippen LogP contribution >= 0.6 is 0 Å². The molecule has 2 atom stereocenters. The summed E-state index contributed by atoms with van der Waals surface area (Å²) >= 11 is 0. The van der Waals surface area contributed by atoms with E-state index < -0.39 is 0 Å². The molecule has 0 bridgehead atoms. The van der Waals surface area contributed by atoms with Gasteiger partial charge in [-0.25, -0.2) is 0 Å². The zero-order chi connectivity index (χ0) is 8.72. The summed E-state index contributed by atoms with van der Waals surface area (Å²) in [5.74, 6) is 0.987. The van der Waals surface area contributed by atoms with Crippen LogP contribution in [0.25, 0.3) is 0 Å². The van der Waals surface area contributed by atoms with E-state index in [0.717, 1.165) is 18.5 Å². The van der Waals surface area contributed by atoms with Crippen LogP contribution in [0.15, 0.2) is 0 Å². The summed E-state index contributed by atoms with van der Waals surface area (Å²) in [6.45, 7) is 5.69. The van der Waals surface area contributed by atoms with E-state index in [9.17, 15) is 0 Å². The van der Waals surface area contributed by atoms with E-state index in [4.69, 9.17) is 5.73 Å². The first-order chi connectivity index (χ1) is 5.68. The molecule has 1 aliphatic heterocycles. The monoisotopic (exact) mass is 168 g/mol. The molecule has 1 saturated heterocycles. The first-order valence-corrected chi connectivity index (χ1v) is 5.20. The molecule has 0 aromatic rings. The molecule has 0 aromatic heterocycles. The molecular formula is C10H20N2. The molecule has 12 heavy (non-hydrogen) atoms. The van der Waals surface area contributed by atoms with Crippen molar-refractivity contribution in [2.24, 2.45) is 11.7 Å². The van der Waals surface area contributed by atoms with Gasteiger partial charge in [-0.2, -0.15) is 0 Å². The standard InChI is InChI=1S/C10H20N2/c1-7(2)12-6-9(11)5-10(12)8-3-4-8/h7-10H,3-6,11H2,1-2H3. The van der Waals surface area contributed by atoms with E-state index in [0.29, 0.717) is 12.1 Å². The van der Waals surface area contributed by atoms with Gasteiger partial charge in [-0.1, -0.05) is 0 Å². The Balaban J connectivity index is 1.99. The van der Waals surface area contributed by atoms with Gasteiger partial charge in [0.25, 0.3) is 0 Å². The van der Waals surface area contributed by atoms with E-state index in [2.05, 4.69) is 18.7 Å². The Labute approximate surface area is 75.1 Å². The molecule has 2 unspecified atom stereocenters. The minimum atomic E-state index is 0.443. The van der Waals surface area contributed by atoms with Crippen molar-refractivity contribution in [3.63, 3.8) is 0 Å². The van der Waals surface area contributed by atoms with Gasteiger partial charge >= 0.3 is 0 Å². The highest BCUT2D eigenvalue weighted by Crippen LogP contribution is 2.40. The molecule has 2 heteroatoms. The van der Waals surface area contributed by atoms with Crippen molar-refractivity contribution >= 4 is 0 Å². The third-order valence-corrected chi connectivity index (χ3v) is 3.25. The highest BCUT2D eigenvalue weighted by atomic mass is 15.2. The van der Waals surface area contributed by atoms with Gasteiger partial charge in [0.2, 0.25) is 0 Å². The van der Waals surface area contributed by atoms with Crippen LogP contribution < -0.4 is 5.73 Å². The zero-order valence-corrected chi connectivity index (χ0v) is 8.16. The minimum Gasteiger partial charge on any atom is -0.326 e. The van der Waals surface area contributed by atoms with Crippen molar-refractivity contribution in [1.29, 1.82) is 0 Å². The van der Waals surface area contributed by atoms with Gasteiger partial charge in [-0.15, -0.1) is 0 Å². The lowest BCUT2D eigenvalue weighted by Gasteiger charge is -2.27. The normalized spacial score (nSPS) is 38.0. The highest BCUT2D eigenvalue weighted by Gasteiger charge is 2.41. The molecule has 1 aliphatic carbocycles. The molecule has 0 spiro atoms. The summed E-state index contributed by atoms with van der Waals surface area (Å²) in [6, 6.07) is 1.95. The second-order valence-corrected chi connectivity index (χ2v) is 4.69. The number of nitrogens with two attached hydrogens (primary N) is 1. The summed E-state index contributed by atoms with van der Waals surface area (Å²) in [7, 11) is 0. The fourth-order valence-electron chi connectivity index (χ4n) is 2.46. The molecule has 1 saturated carbocycles. The van der Waals surface area contributed by atoms with Gasteiger partial charge in [0, 0.05) is 24.7 Å². The van der Waals surface area contributed by atoms with Crippen LogP contribution in [0.3, 0.4) is 0 Å². The van der Waals surface area contributed by atoms with Gasteiger partial charge < -0.3 is 5.73 Å². The Morgan fingerprint density at radius 2 is 2.00 bits per heavy atom. The van der Waals surface area contributed by atoms with Gasteiger partial charge in [0.15, 0.2) is 0 Å². The maximum absolute atomic E-state index is 5.98. The van der Waals surface area contributed by atoms with E-state index >= 15 is 0 Å².